The number of hydrogen-bond acceptors (Lipinski definition) is 2. The summed E-state index contributed by atoms with van der Waals surface area (Å²) in [6.07, 6.45) is 5.14. The van der Waals surface area contributed by atoms with Crippen molar-refractivity contribution in [2.24, 2.45) is 17.8 Å². The Labute approximate surface area is 113 Å². The number of fused-ring (bicyclic) bond motifs is 2. The largest absolute Gasteiger partial charge is 0.481 e. The molecule has 0 aromatic rings. The average molecular weight is 266 g/mol. The van der Waals surface area contributed by atoms with Crippen LogP contribution in [0.3, 0.4) is 0 Å². The Bertz CT molecular complexity index is 398. The van der Waals surface area contributed by atoms with Crippen LogP contribution in [0, 0.1) is 17.8 Å². The van der Waals surface area contributed by atoms with Gasteiger partial charge in [0.2, 0.25) is 0 Å². The van der Waals surface area contributed by atoms with E-state index in [1.54, 1.807) is 0 Å². The number of carbonyl (C=O) groups excluding carboxylic acids is 1. The summed E-state index contributed by atoms with van der Waals surface area (Å²) in [6, 6.07) is 0.0622. The molecule has 5 heteroatoms. The van der Waals surface area contributed by atoms with Crippen molar-refractivity contribution in [3.05, 3.63) is 0 Å². The Morgan fingerprint density at radius 2 is 1.95 bits per heavy atom. The summed E-state index contributed by atoms with van der Waals surface area (Å²) in [6.45, 7) is 2.85. The van der Waals surface area contributed by atoms with Gasteiger partial charge < -0.3 is 15.3 Å². The minimum Gasteiger partial charge on any atom is -0.481 e. The number of nitrogens with one attached hydrogen (secondary N) is 1. The Kier molecular flexibility index (Phi) is 3.15. The number of rotatable bonds is 2. The summed E-state index contributed by atoms with van der Waals surface area (Å²) in [5.41, 5.74) is 0. The molecule has 2 saturated carbocycles. The smallest absolute Gasteiger partial charge is 0.317 e. The molecular weight excluding hydrogens is 244 g/mol. The Balaban J connectivity index is 1.68. The molecule has 0 aromatic heterocycles. The number of hydrogen-bond donors (Lipinski definition) is 2. The number of carboxylic acid groups (broad SMARTS) is 1. The first kappa shape index (κ1) is 12.8. The molecular formula is C14H22N2O3. The molecule has 1 aliphatic heterocycles. The van der Waals surface area contributed by atoms with E-state index in [4.69, 9.17) is 0 Å². The summed E-state index contributed by atoms with van der Waals surface area (Å²) in [5, 5.41) is 12.4. The second kappa shape index (κ2) is 4.69. The van der Waals surface area contributed by atoms with Crippen LogP contribution >= 0.6 is 0 Å². The van der Waals surface area contributed by atoms with Gasteiger partial charge in [0.05, 0.1) is 5.92 Å². The van der Waals surface area contributed by atoms with E-state index in [1.807, 2.05) is 4.90 Å². The van der Waals surface area contributed by atoms with Crippen molar-refractivity contribution in [2.75, 3.05) is 6.54 Å². The molecule has 2 aliphatic carbocycles. The molecule has 0 spiro atoms. The van der Waals surface area contributed by atoms with E-state index < -0.39 is 5.97 Å². The summed E-state index contributed by atoms with van der Waals surface area (Å²) in [4.78, 5) is 25.5. The molecule has 106 valence electrons. The van der Waals surface area contributed by atoms with E-state index >= 15 is 0 Å². The molecule has 3 rings (SSSR count). The van der Waals surface area contributed by atoms with E-state index in [1.165, 1.54) is 0 Å². The predicted octanol–water partition coefficient (Wildman–Crippen LogP) is 1.68. The Morgan fingerprint density at radius 3 is 2.58 bits per heavy atom. The van der Waals surface area contributed by atoms with Gasteiger partial charge in [0.25, 0.3) is 0 Å². The number of amides is 2. The van der Waals surface area contributed by atoms with Crippen LogP contribution in [0.4, 0.5) is 4.79 Å². The highest BCUT2D eigenvalue weighted by molar-refractivity contribution is 5.78. The summed E-state index contributed by atoms with van der Waals surface area (Å²) in [5.74, 6) is -0.482. The zero-order valence-electron chi connectivity index (χ0n) is 11.3. The van der Waals surface area contributed by atoms with Gasteiger partial charge in [-0.05, 0) is 50.9 Å². The van der Waals surface area contributed by atoms with Crippen LogP contribution in [0.2, 0.25) is 0 Å². The molecule has 2 amide bonds. The fourth-order valence-electron chi connectivity index (χ4n) is 4.31. The van der Waals surface area contributed by atoms with Crippen LogP contribution in [-0.2, 0) is 4.79 Å². The van der Waals surface area contributed by atoms with Crippen LogP contribution in [0.15, 0.2) is 0 Å². The van der Waals surface area contributed by atoms with Crippen molar-refractivity contribution in [1.29, 1.82) is 0 Å². The van der Waals surface area contributed by atoms with Gasteiger partial charge in [0.1, 0.15) is 0 Å². The minimum absolute atomic E-state index is 0.0613. The summed E-state index contributed by atoms with van der Waals surface area (Å²) in [7, 11) is 0. The maximum Gasteiger partial charge on any atom is 0.317 e. The van der Waals surface area contributed by atoms with Crippen molar-refractivity contribution in [3.63, 3.8) is 0 Å². The van der Waals surface area contributed by atoms with Crippen molar-refractivity contribution in [3.8, 4) is 0 Å². The lowest BCUT2D eigenvalue weighted by molar-refractivity contribution is -0.144. The van der Waals surface area contributed by atoms with Gasteiger partial charge in [-0.15, -0.1) is 0 Å². The first-order valence-corrected chi connectivity index (χ1v) is 7.38. The monoisotopic (exact) mass is 266 g/mol. The van der Waals surface area contributed by atoms with Gasteiger partial charge in [0, 0.05) is 18.6 Å². The highest BCUT2D eigenvalue weighted by atomic mass is 16.4. The van der Waals surface area contributed by atoms with Crippen LogP contribution < -0.4 is 5.32 Å². The molecule has 5 nitrogen and oxygen atoms in total. The first-order chi connectivity index (χ1) is 9.08. The summed E-state index contributed by atoms with van der Waals surface area (Å²) < 4.78 is 0. The van der Waals surface area contributed by atoms with Gasteiger partial charge >= 0.3 is 12.0 Å². The van der Waals surface area contributed by atoms with Crippen molar-refractivity contribution in [1.82, 2.24) is 10.2 Å². The maximum atomic E-state index is 12.3. The van der Waals surface area contributed by atoms with E-state index in [-0.39, 0.29) is 30.0 Å². The SMILES string of the molecule is CC1CCCN1C(=O)NC1C2CCC(C2)C1C(=O)O. The molecule has 2 bridgehead atoms. The van der Waals surface area contributed by atoms with Gasteiger partial charge in [-0.3, -0.25) is 4.79 Å². The molecule has 5 unspecified atom stereocenters. The van der Waals surface area contributed by atoms with E-state index in [0.29, 0.717) is 5.92 Å². The average Bonchev–Trinajstić information content (AvgIpc) is 3.03. The molecule has 3 fully saturated rings. The van der Waals surface area contributed by atoms with Gasteiger partial charge in [-0.2, -0.15) is 0 Å². The number of nitrogens with zero attached hydrogens (tertiary/aromatic N) is 1. The van der Waals surface area contributed by atoms with Crippen molar-refractivity contribution in [2.45, 2.75) is 51.1 Å². The van der Waals surface area contributed by atoms with Crippen molar-refractivity contribution >= 4 is 12.0 Å². The summed E-state index contributed by atoms with van der Waals surface area (Å²) >= 11 is 0. The van der Waals surface area contributed by atoms with E-state index in [9.17, 15) is 14.7 Å². The molecule has 19 heavy (non-hydrogen) atoms. The molecule has 3 aliphatic rings. The quantitative estimate of drug-likeness (QED) is 0.799. The Morgan fingerprint density at radius 1 is 1.21 bits per heavy atom. The lowest BCUT2D eigenvalue weighted by Crippen LogP contribution is -2.52. The standard InChI is InChI=1S/C14H22N2O3/c1-8-3-2-6-16(8)14(19)15-12-10-5-4-9(7-10)11(12)13(17)18/h8-12H,2-7H2,1H3,(H,15,19)(H,17,18). The van der Waals surface area contributed by atoms with Crippen LogP contribution in [-0.4, -0.2) is 40.6 Å². The lowest BCUT2D eigenvalue weighted by atomic mass is 9.84. The maximum absolute atomic E-state index is 12.3. The van der Waals surface area contributed by atoms with Crippen LogP contribution in [0.25, 0.3) is 0 Å². The molecule has 0 radical (unpaired) electrons. The van der Waals surface area contributed by atoms with Crippen LogP contribution in [0.5, 0.6) is 0 Å². The van der Waals surface area contributed by atoms with Gasteiger partial charge in [-0.1, -0.05) is 0 Å². The molecule has 1 saturated heterocycles. The fourth-order valence-corrected chi connectivity index (χ4v) is 4.31. The second-order valence-corrected chi connectivity index (χ2v) is 6.36. The predicted molar refractivity (Wildman–Crippen MR) is 69.7 cm³/mol. The third-order valence-corrected chi connectivity index (χ3v) is 5.31. The normalized spacial score (nSPS) is 40.7. The number of urea groups is 1. The second-order valence-electron chi connectivity index (χ2n) is 6.36. The Hall–Kier alpha value is -1.26. The lowest BCUT2D eigenvalue weighted by Gasteiger charge is -2.31. The van der Waals surface area contributed by atoms with E-state index in [2.05, 4.69) is 12.2 Å². The number of likely N-dealkylation sites (tertiary alicyclic amines) is 1. The van der Waals surface area contributed by atoms with Crippen molar-refractivity contribution < 1.29 is 14.7 Å². The highest BCUT2D eigenvalue weighted by Gasteiger charge is 2.52. The number of aliphatic carboxylic acids is 1. The molecule has 1 heterocycles. The van der Waals surface area contributed by atoms with Crippen LogP contribution in [0.1, 0.15) is 39.0 Å². The number of carboxylic acids is 1. The molecule has 2 N–H and O–H groups in total. The van der Waals surface area contributed by atoms with E-state index in [0.717, 1.165) is 38.6 Å². The fraction of sp³-hybridized carbons (Fsp3) is 0.857. The van der Waals surface area contributed by atoms with Gasteiger partial charge in [-0.25, -0.2) is 4.79 Å². The third-order valence-electron chi connectivity index (χ3n) is 5.31. The third kappa shape index (κ3) is 2.09. The zero-order valence-corrected chi connectivity index (χ0v) is 11.3. The molecule has 5 atom stereocenters. The first-order valence-electron chi connectivity index (χ1n) is 7.38. The zero-order chi connectivity index (χ0) is 13.6. The number of carbonyl (C=O) groups is 2. The highest BCUT2D eigenvalue weighted by Crippen LogP contribution is 2.48. The van der Waals surface area contributed by atoms with Gasteiger partial charge in [0.15, 0.2) is 0 Å². The molecule has 0 aromatic carbocycles. The topological polar surface area (TPSA) is 69.6 Å². The minimum atomic E-state index is -0.744.